The zero-order valence-corrected chi connectivity index (χ0v) is 42.8. The molecule has 2 aliphatic rings. The first-order valence-corrected chi connectivity index (χ1v) is 21.6. The molecular formula is C40H28N5Na3O13S3. The van der Waals surface area contributed by atoms with E-state index in [2.05, 4.69) is 26.4 Å². The second-order valence-corrected chi connectivity index (χ2v) is 17.1. The Balaban J connectivity index is 0.00000299. The zero-order valence-electron chi connectivity index (χ0n) is 34.4. The Kier molecular flexibility index (Phi) is 17.3. The van der Waals surface area contributed by atoms with Gasteiger partial charge in [0.15, 0.2) is 0 Å². The number of para-hydroxylation sites is 1. The maximum Gasteiger partial charge on any atom is 1.00 e. The zero-order chi connectivity index (χ0) is 43.9. The molecule has 2 aliphatic carbocycles. The molecule has 0 bridgehead atoms. The van der Waals surface area contributed by atoms with Crippen molar-refractivity contribution in [1.82, 2.24) is 0 Å². The third kappa shape index (κ3) is 11.3. The van der Waals surface area contributed by atoms with Gasteiger partial charge in [-0.15, -0.1) is 0 Å². The average molecular weight is 952 g/mol. The number of fused-ring (bicyclic) bond motifs is 2. The van der Waals surface area contributed by atoms with Crippen molar-refractivity contribution in [3.05, 3.63) is 135 Å². The summed E-state index contributed by atoms with van der Waals surface area (Å²) in [5.41, 5.74) is 5.40. The van der Waals surface area contributed by atoms with Crippen LogP contribution in [0.5, 0.6) is 11.5 Å². The number of Topliss-reactive ketones (excluding diaryl/α,β-unsaturated/α-hetero) is 2. The van der Waals surface area contributed by atoms with Crippen LogP contribution in [0.15, 0.2) is 128 Å². The summed E-state index contributed by atoms with van der Waals surface area (Å²) in [6.45, 7) is 0. The van der Waals surface area contributed by atoms with Gasteiger partial charge >= 0.3 is 88.7 Å². The van der Waals surface area contributed by atoms with E-state index in [1.54, 1.807) is 24.3 Å². The monoisotopic (exact) mass is 951 g/mol. The molecule has 0 saturated carbocycles. The summed E-state index contributed by atoms with van der Waals surface area (Å²) in [7, 11) is -13.1. The number of nitrogens with one attached hydrogen (secondary N) is 3. The molecule has 0 atom stereocenters. The van der Waals surface area contributed by atoms with Gasteiger partial charge in [-0.2, -0.15) is 10.2 Å². The van der Waals surface area contributed by atoms with Crippen molar-refractivity contribution in [2.45, 2.75) is 4.90 Å². The van der Waals surface area contributed by atoms with E-state index in [1.165, 1.54) is 44.6 Å². The molecule has 0 spiro atoms. The maximum absolute atomic E-state index is 13.6. The number of ketones is 2. The summed E-state index contributed by atoms with van der Waals surface area (Å²) < 4.78 is 120. The quantitative estimate of drug-likeness (QED) is 0.0613. The van der Waals surface area contributed by atoms with E-state index in [1.807, 2.05) is 30.3 Å². The van der Waals surface area contributed by atoms with Crippen molar-refractivity contribution >= 4 is 88.2 Å². The van der Waals surface area contributed by atoms with Gasteiger partial charge in [-0.05, 0) is 95.1 Å². The number of hydrogen-bond donors (Lipinski definition) is 3. The first-order valence-electron chi connectivity index (χ1n) is 17.4. The summed E-state index contributed by atoms with van der Waals surface area (Å²) in [5.74, 6) is -1.86. The Morgan fingerprint density at radius 3 is 1.55 bits per heavy atom. The van der Waals surface area contributed by atoms with Gasteiger partial charge in [0.25, 0.3) is 0 Å². The second kappa shape index (κ2) is 21.1. The number of benzene rings is 5. The smallest absolute Gasteiger partial charge is 0.744 e. The number of hydrazone groups is 2. The molecule has 0 fully saturated rings. The van der Waals surface area contributed by atoms with Crippen LogP contribution in [0.25, 0.3) is 23.3 Å². The molecule has 18 nitrogen and oxygen atoms in total. The fourth-order valence-electron chi connectivity index (χ4n) is 6.41. The molecule has 5 aromatic carbocycles. The number of nitrogens with zero attached hydrogens (tertiary/aromatic N) is 2. The Morgan fingerprint density at radius 2 is 1.05 bits per heavy atom. The molecule has 7 rings (SSSR count). The summed E-state index contributed by atoms with van der Waals surface area (Å²) in [5, 5.41) is 11.0. The number of ether oxygens (including phenoxy) is 2. The van der Waals surface area contributed by atoms with E-state index < -0.39 is 73.6 Å². The number of anilines is 4. The molecule has 64 heavy (non-hydrogen) atoms. The van der Waals surface area contributed by atoms with E-state index in [-0.39, 0.29) is 128 Å². The van der Waals surface area contributed by atoms with E-state index in [4.69, 9.17) is 9.47 Å². The fourth-order valence-corrected chi connectivity index (χ4v) is 8.41. The van der Waals surface area contributed by atoms with Crippen LogP contribution in [0.3, 0.4) is 0 Å². The van der Waals surface area contributed by atoms with Crippen LogP contribution in [0, 0.1) is 0 Å². The van der Waals surface area contributed by atoms with Crippen LogP contribution in [0.4, 0.5) is 22.7 Å². The van der Waals surface area contributed by atoms with Crippen molar-refractivity contribution < 1.29 is 147 Å². The van der Waals surface area contributed by atoms with E-state index >= 15 is 0 Å². The third-order valence-corrected chi connectivity index (χ3v) is 11.8. The molecule has 5 aromatic rings. The number of carbonyl (C=O) groups is 2. The number of methoxy groups -OCH3 is 2. The van der Waals surface area contributed by atoms with Crippen LogP contribution in [0.2, 0.25) is 0 Å². The minimum atomic E-state index is -5.34. The van der Waals surface area contributed by atoms with E-state index in [0.717, 1.165) is 36.0 Å². The Bertz CT molecular complexity index is 3160. The molecule has 0 amide bonds. The predicted octanol–water partition coefficient (Wildman–Crippen LogP) is -3.87. The molecular weight excluding hydrogens is 924 g/mol. The molecule has 312 valence electrons. The first kappa shape index (κ1) is 52.6. The first-order chi connectivity index (χ1) is 28.9. The SMILES string of the molecule is COc1cc(-c2ccc(N/N=C3\C(=O)c4ccc(Nc5ccccc5)cc4C=C3S(=O)(=O)[O-])c(OC)c2)ccc1N/N=C1/C(=O)c2c(cccc2S(=O)(=O)[O-])C=C1S(=O)(=O)[O-].[Na+].[Na+].[Na+]. The number of rotatable bonds is 12. The van der Waals surface area contributed by atoms with Crippen LogP contribution >= 0.6 is 0 Å². The van der Waals surface area contributed by atoms with Crippen molar-refractivity contribution in [1.29, 1.82) is 0 Å². The van der Waals surface area contributed by atoms with Crippen molar-refractivity contribution in [2.24, 2.45) is 10.2 Å². The normalized spacial score (nSPS) is 14.6. The average Bonchev–Trinajstić information content (AvgIpc) is 3.21. The van der Waals surface area contributed by atoms with Crippen LogP contribution in [-0.2, 0) is 30.4 Å². The standard InChI is InChI=1S/C40H31N5O13S3.3Na/c1-57-31-18-22(11-15-29(31)42-44-37-35(61(54,55)56)21-25-17-27(13-14-28(25)39(37)46)41-26-8-4-3-5-9-26)23-12-16-30(32(19-23)58-2)43-45-38-34(60(51,52)53)20-24-7-6-10-33(59(48,49)50)36(24)40(38)47;;;/h3-21,41-43H,1-2H3,(H,48,49,50)(H,51,52,53)(H,54,55,56);;;/q;3*+1/p-3/b44-37-,45-38+;;;. The van der Waals surface area contributed by atoms with Gasteiger partial charge in [0.05, 0.1) is 40.3 Å². The largest absolute Gasteiger partial charge is 1.00 e. The van der Waals surface area contributed by atoms with Crippen LogP contribution < -0.4 is 114 Å². The van der Waals surface area contributed by atoms with Gasteiger partial charge in [-0.1, -0.05) is 42.5 Å². The summed E-state index contributed by atoms with van der Waals surface area (Å²) in [6.07, 6.45) is 1.83. The molecule has 3 N–H and O–H groups in total. The Morgan fingerprint density at radius 1 is 0.531 bits per heavy atom. The molecule has 0 aromatic heterocycles. The molecule has 0 saturated heterocycles. The molecule has 0 aliphatic heterocycles. The van der Waals surface area contributed by atoms with Gasteiger partial charge in [-0.25, -0.2) is 25.3 Å². The minimum absolute atomic E-state index is 0. The molecule has 0 heterocycles. The molecule has 24 heteroatoms. The van der Waals surface area contributed by atoms with Gasteiger partial charge < -0.3 is 28.4 Å². The summed E-state index contributed by atoms with van der Waals surface area (Å²) >= 11 is 0. The van der Waals surface area contributed by atoms with Crippen LogP contribution in [-0.4, -0.2) is 76.1 Å². The van der Waals surface area contributed by atoms with Crippen molar-refractivity contribution in [2.75, 3.05) is 30.4 Å². The number of hydrogen-bond acceptors (Lipinski definition) is 18. The predicted molar refractivity (Wildman–Crippen MR) is 222 cm³/mol. The van der Waals surface area contributed by atoms with Crippen molar-refractivity contribution in [3.63, 3.8) is 0 Å². The minimum Gasteiger partial charge on any atom is -0.744 e. The Labute approximate surface area is 433 Å². The van der Waals surface area contributed by atoms with Gasteiger partial charge in [0, 0.05) is 22.5 Å². The van der Waals surface area contributed by atoms with Gasteiger partial charge in [0.1, 0.15) is 53.3 Å². The molecule has 0 radical (unpaired) electrons. The van der Waals surface area contributed by atoms with E-state index in [0.29, 0.717) is 16.8 Å². The molecule has 0 unspecified atom stereocenters. The summed E-state index contributed by atoms with van der Waals surface area (Å²) in [6, 6.07) is 26.1. The topological polar surface area (TPSA) is 285 Å². The maximum atomic E-state index is 13.6. The third-order valence-electron chi connectivity index (χ3n) is 9.24. The fraction of sp³-hybridized carbons (Fsp3) is 0.0500. The Hall–Kier alpha value is -4.01. The van der Waals surface area contributed by atoms with Crippen LogP contribution in [0.1, 0.15) is 31.8 Å². The number of carbonyl (C=O) groups excluding carboxylic acids is 2. The van der Waals surface area contributed by atoms with Gasteiger partial charge in [0.2, 0.25) is 11.6 Å². The second-order valence-electron chi connectivity index (χ2n) is 13.0. The van der Waals surface area contributed by atoms with Gasteiger partial charge in [-0.3, -0.25) is 20.4 Å². The number of allylic oxidation sites excluding steroid dienone is 2. The van der Waals surface area contributed by atoms with Crippen molar-refractivity contribution in [3.8, 4) is 22.6 Å². The summed E-state index contributed by atoms with van der Waals surface area (Å²) in [4.78, 5) is 24.2. The van der Waals surface area contributed by atoms with E-state index in [9.17, 15) is 48.5 Å².